The molecule has 0 radical (unpaired) electrons. The van der Waals surface area contributed by atoms with Gasteiger partial charge in [-0.25, -0.2) is 0 Å². The molecule has 2 aliphatic rings. The molecule has 3 heteroatoms. The zero-order valence-electron chi connectivity index (χ0n) is 11.7. The highest BCUT2D eigenvalue weighted by atomic mass is 16.5. The van der Waals surface area contributed by atoms with Crippen molar-refractivity contribution in [2.75, 3.05) is 26.7 Å². The van der Waals surface area contributed by atoms with Gasteiger partial charge in [0, 0.05) is 25.2 Å². The minimum Gasteiger partial charge on any atom is -0.373 e. The lowest BCUT2D eigenvalue weighted by Crippen LogP contribution is -2.57. The summed E-state index contributed by atoms with van der Waals surface area (Å²) in [7, 11) is 2.12. The Labute approximate surface area is 106 Å². The molecule has 2 atom stereocenters. The summed E-state index contributed by atoms with van der Waals surface area (Å²) >= 11 is 0. The maximum absolute atomic E-state index is 5.82. The molecule has 1 aliphatic carbocycles. The van der Waals surface area contributed by atoms with Gasteiger partial charge in [0.25, 0.3) is 0 Å². The SMILES string of the molecule is CNC1CCCCCC1N1CCOC(C)(C)C1. The van der Waals surface area contributed by atoms with E-state index >= 15 is 0 Å². The first kappa shape index (κ1) is 13.3. The standard InChI is InChI=1S/C14H28N2O/c1-14(2)11-16(9-10-17-14)13-8-6-4-5-7-12(13)15-3/h12-13,15H,4-11H2,1-3H3. The van der Waals surface area contributed by atoms with Crippen LogP contribution in [0.3, 0.4) is 0 Å². The van der Waals surface area contributed by atoms with Gasteiger partial charge in [0.15, 0.2) is 0 Å². The maximum atomic E-state index is 5.82. The van der Waals surface area contributed by atoms with Crippen LogP contribution in [0.1, 0.15) is 46.0 Å². The number of hydrogen-bond acceptors (Lipinski definition) is 3. The van der Waals surface area contributed by atoms with E-state index < -0.39 is 0 Å². The predicted molar refractivity (Wildman–Crippen MR) is 71.3 cm³/mol. The van der Waals surface area contributed by atoms with E-state index in [1.807, 2.05) is 0 Å². The molecule has 0 spiro atoms. The highest BCUT2D eigenvalue weighted by Gasteiger charge is 2.34. The molecular formula is C14H28N2O. The summed E-state index contributed by atoms with van der Waals surface area (Å²) in [5.41, 5.74) is 0.0306. The third-order valence-corrected chi connectivity index (χ3v) is 4.27. The Bertz CT molecular complexity index is 242. The van der Waals surface area contributed by atoms with E-state index in [1.165, 1.54) is 32.1 Å². The zero-order valence-corrected chi connectivity index (χ0v) is 11.7. The molecular weight excluding hydrogens is 212 g/mol. The minimum atomic E-state index is 0.0306. The molecule has 0 aromatic heterocycles. The van der Waals surface area contributed by atoms with Crippen molar-refractivity contribution >= 4 is 0 Å². The fourth-order valence-corrected chi connectivity index (χ4v) is 3.40. The van der Waals surface area contributed by atoms with Crippen LogP contribution in [0, 0.1) is 0 Å². The molecule has 0 aromatic rings. The Morgan fingerprint density at radius 1 is 1.18 bits per heavy atom. The van der Waals surface area contributed by atoms with Crippen molar-refractivity contribution in [2.24, 2.45) is 0 Å². The third kappa shape index (κ3) is 3.43. The maximum Gasteiger partial charge on any atom is 0.0753 e. The number of ether oxygens (including phenoxy) is 1. The predicted octanol–water partition coefficient (Wildman–Crippen LogP) is 2.02. The highest BCUT2D eigenvalue weighted by Crippen LogP contribution is 2.26. The monoisotopic (exact) mass is 240 g/mol. The van der Waals surface area contributed by atoms with E-state index in [9.17, 15) is 0 Å². The Hall–Kier alpha value is -0.120. The van der Waals surface area contributed by atoms with E-state index in [2.05, 4.69) is 31.1 Å². The highest BCUT2D eigenvalue weighted by molar-refractivity contribution is 4.90. The van der Waals surface area contributed by atoms with Crippen LogP contribution < -0.4 is 5.32 Å². The van der Waals surface area contributed by atoms with Crippen LogP contribution in [0.25, 0.3) is 0 Å². The lowest BCUT2D eigenvalue weighted by atomic mass is 9.98. The number of nitrogens with one attached hydrogen (secondary N) is 1. The van der Waals surface area contributed by atoms with Crippen molar-refractivity contribution in [2.45, 2.75) is 63.6 Å². The van der Waals surface area contributed by atoms with Crippen LogP contribution in [-0.4, -0.2) is 49.3 Å². The summed E-state index contributed by atoms with van der Waals surface area (Å²) in [4.78, 5) is 2.66. The van der Waals surface area contributed by atoms with E-state index in [4.69, 9.17) is 4.74 Å². The smallest absolute Gasteiger partial charge is 0.0753 e. The van der Waals surface area contributed by atoms with E-state index in [-0.39, 0.29) is 5.60 Å². The van der Waals surface area contributed by atoms with Crippen LogP contribution in [0.15, 0.2) is 0 Å². The second-order valence-electron chi connectivity index (χ2n) is 6.18. The molecule has 1 saturated carbocycles. The van der Waals surface area contributed by atoms with Crippen LogP contribution in [0.4, 0.5) is 0 Å². The molecule has 100 valence electrons. The first-order chi connectivity index (χ1) is 8.12. The van der Waals surface area contributed by atoms with Gasteiger partial charge in [-0.15, -0.1) is 0 Å². The van der Waals surface area contributed by atoms with Gasteiger partial charge in [-0.05, 0) is 33.7 Å². The van der Waals surface area contributed by atoms with Crippen molar-refractivity contribution in [1.29, 1.82) is 0 Å². The molecule has 1 heterocycles. The molecule has 2 unspecified atom stereocenters. The van der Waals surface area contributed by atoms with Crippen molar-refractivity contribution in [3.05, 3.63) is 0 Å². The molecule has 1 saturated heterocycles. The average molecular weight is 240 g/mol. The molecule has 1 N–H and O–H groups in total. The van der Waals surface area contributed by atoms with Crippen LogP contribution >= 0.6 is 0 Å². The van der Waals surface area contributed by atoms with Gasteiger partial charge >= 0.3 is 0 Å². The lowest BCUT2D eigenvalue weighted by Gasteiger charge is -2.44. The first-order valence-electron chi connectivity index (χ1n) is 7.18. The number of morpholine rings is 1. The minimum absolute atomic E-state index is 0.0306. The zero-order chi connectivity index (χ0) is 12.3. The van der Waals surface area contributed by atoms with Gasteiger partial charge in [0.2, 0.25) is 0 Å². The van der Waals surface area contributed by atoms with Gasteiger partial charge in [-0.3, -0.25) is 4.90 Å². The second kappa shape index (κ2) is 5.68. The number of hydrogen-bond donors (Lipinski definition) is 1. The van der Waals surface area contributed by atoms with E-state index in [0.717, 1.165) is 19.7 Å². The Morgan fingerprint density at radius 2 is 1.94 bits per heavy atom. The van der Waals surface area contributed by atoms with Crippen molar-refractivity contribution < 1.29 is 4.74 Å². The Kier molecular flexibility index (Phi) is 4.45. The molecule has 0 bridgehead atoms. The van der Waals surface area contributed by atoms with Crippen LogP contribution in [0.5, 0.6) is 0 Å². The second-order valence-corrected chi connectivity index (χ2v) is 6.18. The summed E-state index contributed by atoms with van der Waals surface area (Å²) in [6.45, 7) is 7.50. The van der Waals surface area contributed by atoms with Gasteiger partial charge in [0.05, 0.1) is 12.2 Å². The Balaban J connectivity index is 2.02. The topological polar surface area (TPSA) is 24.5 Å². The summed E-state index contributed by atoms with van der Waals surface area (Å²) in [5, 5.41) is 3.54. The van der Waals surface area contributed by atoms with Crippen LogP contribution in [-0.2, 0) is 4.74 Å². The number of likely N-dealkylation sites (N-methyl/N-ethyl adjacent to an activating group) is 1. The molecule has 2 fully saturated rings. The molecule has 2 rings (SSSR count). The first-order valence-corrected chi connectivity index (χ1v) is 7.18. The molecule has 17 heavy (non-hydrogen) atoms. The third-order valence-electron chi connectivity index (χ3n) is 4.27. The largest absolute Gasteiger partial charge is 0.373 e. The lowest BCUT2D eigenvalue weighted by molar-refractivity contribution is -0.101. The van der Waals surface area contributed by atoms with Crippen molar-refractivity contribution in [3.63, 3.8) is 0 Å². The van der Waals surface area contributed by atoms with Gasteiger partial charge in [-0.2, -0.15) is 0 Å². The summed E-state index contributed by atoms with van der Waals surface area (Å²) < 4.78 is 5.82. The molecule has 1 aliphatic heterocycles. The van der Waals surface area contributed by atoms with Gasteiger partial charge in [-0.1, -0.05) is 19.3 Å². The number of rotatable bonds is 2. The van der Waals surface area contributed by atoms with Crippen molar-refractivity contribution in [3.8, 4) is 0 Å². The van der Waals surface area contributed by atoms with Gasteiger partial charge in [0.1, 0.15) is 0 Å². The molecule has 0 amide bonds. The summed E-state index contributed by atoms with van der Waals surface area (Å²) in [5.74, 6) is 0. The van der Waals surface area contributed by atoms with E-state index in [1.54, 1.807) is 0 Å². The van der Waals surface area contributed by atoms with Crippen LogP contribution in [0.2, 0.25) is 0 Å². The normalized spacial score (nSPS) is 35.5. The van der Waals surface area contributed by atoms with Crippen molar-refractivity contribution in [1.82, 2.24) is 10.2 Å². The average Bonchev–Trinajstić information content (AvgIpc) is 2.52. The number of nitrogens with zero attached hydrogens (tertiary/aromatic N) is 1. The fourth-order valence-electron chi connectivity index (χ4n) is 3.40. The summed E-state index contributed by atoms with van der Waals surface area (Å²) in [6, 6.07) is 1.39. The molecule has 3 nitrogen and oxygen atoms in total. The molecule has 0 aromatic carbocycles. The fraction of sp³-hybridized carbons (Fsp3) is 1.00. The van der Waals surface area contributed by atoms with E-state index in [0.29, 0.717) is 12.1 Å². The Morgan fingerprint density at radius 3 is 2.65 bits per heavy atom. The summed E-state index contributed by atoms with van der Waals surface area (Å²) in [6.07, 6.45) is 6.86. The van der Waals surface area contributed by atoms with Gasteiger partial charge < -0.3 is 10.1 Å². The quantitative estimate of drug-likeness (QED) is 0.747.